The van der Waals surface area contributed by atoms with Gasteiger partial charge in [-0.05, 0) is 13.3 Å². The summed E-state index contributed by atoms with van der Waals surface area (Å²) in [6.07, 6.45) is 0.898. The van der Waals surface area contributed by atoms with Crippen molar-refractivity contribution in [2.24, 2.45) is 0 Å². The van der Waals surface area contributed by atoms with Crippen molar-refractivity contribution >= 4 is 22.4 Å². The van der Waals surface area contributed by atoms with E-state index in [0.29, 0.717) is 22.3 Å². The van der Waals surface area contributed by atoms with E-state index in [2.05, 4.69) is 4.98 Å². The van der Waals surface area contributed by atoms with E-state index in [9.17, 15) is 4.79 Å². The lowest BCUT2D eigenvalue weighted by Crippen LogP contribution is -2.37. The van der Waals surface area contributed by atoms with Crippen molar-refractivity contribution < 1.29 is 9.53 Å². The zero-order chi connectivity index (χ0) is 11.7. The van der Waals surface area contributed by atoms with Crippen LogP contribution in [0.4, 0.5) is 5.13 Å². The molecule has 2 heterocycles. The van der Waals surface area contributed by atoms with Crippen LogP contribution in [0.5, 0.6) is 0 Å². The number of carbonyl (C=O) groups excluding carboxylic acids is 1. The Morgan fingerprint density at radius 1 is 1.69 bits per heavy atom. The first-order valence-electron chi connectivity index (χ1n) is 5.17. The highest BCUT2D eigenvalue weighted by molar-refractivity contribution is 7.17. The highest BCUT2D eigenvalue weighted by atomic mass is 32.1. The SMILES string of the molecule is Cc1nc(N)sc1C(=O)N(C)C1CCOC1. The normalized spacial score (nSPS) is 20.0. The van der Waals surface area contributed by atoms with Crippen molar-refractivity contribution in [3.05, 3.63) is 10.6 Å². The van der Waals surface area contributed by atoms with E-state index in [1.807, 2.05) is 0 Å². The molecule has 1 aromatic heterocycles. The van der Waals surface area contributed by atoms with Gasteiger partial charge < -0.3 is 15.4 Å². The first-order chi connectivity index (χ1) is 7.59. The van der Waals surface area contributed by atoms with Gasteiger partial charge in [-0.25, -0.2) is 4.98 Å². The molecule has 0 bridgehead atoms. The van der Waals surface area contributed by atoms with Crippen molar-refractivity contribution in [3.8, 4) is 0 Å². The van der Waals surface area contributed by atoms with Gasteiger partial charge in [-0.3, -0.25) is 4.79 Å². The molecule has 0 radical (unpaired) electrons. The second-order valence-corrected chi connectivity index (χ2v) is 4.93. The largest absolute Gasteiger partial charge is 0.379 e. The van der Waals surface area contributed by atoms with Crippen molar-refractivity contribution in [1.82, 2.24) is 9.88 Å². The molecule has 1 aliphatic rings. The smallest absolute Gasteiger partial charge is 0.265 e. The van der Waals surface area contributed by atoms with Crippen LogP contribution in [0, 0.1) is 6.92 Å². The average molecular weight is 241 g/mol. The van der Waals surface area contributed by atoms with Gasteiger partial charge in [-0.15, -0.1) is 0 Å². The van der Waals surface area contributed by atoms with Crippen molar-refractivity contribution in [2.45, 2.75) is 19.4 Å². The van der Waals surface area contributed by atoms with E-state index in [-0.39, 0.29) is 11.9 Å². The van der Waals surface area contributed by atoms with Crippen LogP contribution in [-0.4, -0.2) is 42.1 Å². The van der Waals surface area contributed by atoms with Crippen LogP contribution in [0.2, 0.25) is 0 Å². The van der Waals surface area contributed by atoms with E-state index in [0.717, 1.165) is 13.0 Å². The first-order valence-corrected chi connectivity index (χ1v) is 5.99. The van der Waals surface area contributed by atoms with Gasteiger partial charge in [0.05, 0.1) is 18.3 Å². The maximum Gasteiger partial charge on any atom is 0.265 e. The zero-order valence-electron chi connectivity index (χ0n) is 9.40. The summed E-state index contributed by atoms with van der Waals surface area (Å²) in [7, 11) is 1.80. The number of anilines is 1. The lowest BCUT2D eigenvalue weighted by molar-refractivity contribution is 0.0715. The Labute approximate surface area is 98.2 Å². The number of aryl methyl sites for hydroxylation is 1. The van der Waals surface area contributed by atoms with Gasteiger partial charge in [0.15, 0.2) is 5.13 Å². The van der Waals surface area contributed by atoms with Crippen LogP contribution in [0.1, 0.15) is 21.8 Å². The summed E-state index contributed by atoms with van der Waals surface area (Å²) in [5, 5.41) is 0.442. The number of thiazole rings is 1. The summed E-state index contributed by atoms with van der Waals surface area (Å²) < 4.78 is 5.27. The number of ether oxygens (including phenoxy) is 1. The van der Waals surface area contributed by atoms with E-state index >= 15 is 0 Å². The Kier molecular flexibility index (Phi) is 3.11. The molecular formula is C10H15N3O2S. The molecule has 1 saturated heterocycles. The van der Waals surface area contributed by atoms with Crippen LogP contribution in [0.25, 0.3) is 0 Å². The molecule has 16 heavy (non-hydrogen) atoms. The second kappa shape index (κ2) is 4.39. The summed E-state index contributed by atoms with van der Waals surface area (Å²) >= 11 is 1.24. The summed E-state index contributed by atoms with van der Waals surface area (Å²) in [6, 6.07) is 0.176. The summed E-state index contributed by atoms with van der Waals surface area (Å²) in [5.41, 5.74) is 6.29. The van der Waals surface area contributed by atoms with Gasteiger partial charge in [-0.1, -0.05) is 11.3 Å². The maximum atomic E-state index is 12.2. The number of aromatic nitrogens is 1. The predicted octanol–water partition coefficient (Wildman–Crippen LogP) is 0.895. The minimum absolute atomic E-state index is 0.0119. The summed E-state index contributed by atoms with van der Waals surface area (Å²) in [6.45, 7) is 3.15. The highest BCUT2D eigenvalue weighted by Crippen LogP contribution is 2.23. The van der Waals surface area contributed by atoms with E-state index in [1.54, 1.807) is 18.9 Å². The second-order valence-electron chi connectivity index (χ2n) is 3.90. The first kappa shape index (κ1) is 11.3. The topological polar surface area (TPSA) is 68.5 Å². The van der Waals surface area contributed by atoms with Crippen LogP contribution in [0.15, 0.2) is 0 Å². The number of carbonyl (C=O) groups is 1. The monoisotopic (exact) mass is 241 g/mol. The van der Waals surface area contributed by atoms with Crippen LogP contribution < -0.4 is 5.73 Å². The molecule has 1 atom stereocenters. The molecule has 1 unspecified atom stereocenters. The molecule has 1 fully saturated rings. The van der Waals surface area contributed by atoms with Crippen LogP contribution in [-0.2, 0) is 4.74 Å². The van der Waals surface area contributed by atoms with Gasteiger partial charge in [0.25, 0.3) is 5.91 Å². The highest BCUT2D eigenvalue weighted by Gasteiger charge is 2.27. The minimum Gasteiger partial charge on any atom is -0.379 e. The number of amides is 1. The van der Waals surface area contributed by atoms with Gasteiger partial charge >= 0.3 is 0 Å². The Morgan fingerprint density at radius 3 is 2.94 bits per heavy atom. The quantitative estimate of drug-likeness (QED) is 0.835. The fourth-order valence-corrected chi connectivity index (χ4v) is 2.59. The number of nitrogen functional groups attached to an aromatic ring is 1. The van der Waals surface area contributed by atoms with Gasteiger partial charge in [0.2, 0.25) is 0 Å². The number of nitrogens with zero attached hydrogens (tertiary/aromatic N) is 2. The molecule has 2 N–H and O–H groups in total. The lowest BCUT2D eigenvalue weighted by Gasteiger charge is -2.22. The third-order valence-corrected chi connectivity index (χ3v) is 3.76. The molecule has 2 rings (SSSR count). The molecule has 1 aliphatic heterocycles. The number of hydrogen-bond acceptors (Lipinski definition) is 5. The number of likely N-dealkylation sites (N-methyl/N-ethyl adjacent to an activating group) is 1. The van der Waals surface area contributed by atoms with Crippen molar-refractivity contribution in [2.75, 3.05) is 26.0 Å². The van der Waals surface area contributed by atoms with Gasteiger partial charge in [0.1, 0.15) is 4.88 Å². The summed E-state index contributed by atoms with van der Waals surface area (Å²) in [5.74, 6) is -0.0119. The molecule has 88 valence electrons. The van der Waals surface area contributed by atoms with E-state index < -0.39 is 0 Å². The van der Waals surface area contributed by atoms with Crippen molar-refractivity contribution in [1.29, 1.82) is 0 Å². The number of hydrogen-bond donors (Lipinski definition) is 1. The Bertz CT molecular complexity index is 399. The van der Waals surface area contributed by atoms with Crippen molar-refractivity contribution in [3.63, 3.8) is 0 Å². The lowest BCUT2D eigenvalue weighted by atomic mass is 10.2. The number of rotatable bonds is 2. The number of nitrogens with two attached hydrogens (primary N) is 1. The van der Waals surface area contributed by atoms with Crippen LogP contribution >= 0.6 is 11.3 Å². The van der Waals surface area contributed by atoms with E-state index in [1.165, 1.54) is 11.3 Å². The fraction of sp³-hybridized carbons (Fsp3) is 0.600. The summed E-state index contributed by atoms with van der Waals surface area (Å²) in [4.78, 5) is 18.6. The molecule has 0 aliphatic carbocycles. The molecule has 5 nitrogen and oxygen atoms in total. The Hall–Kier alpha value is -1.14. The molecule has 1 aromatic rings. The van der Waals surface area contributed by atoms with Crippen LogP contribution in [0.3, 0.4) is 0 Å². The zero-order valence-corrected chi connectivity index (χ0v) is 10.2. The molecule has 0 aromatic carbocycles. The molecule has 6 heteroatoms. The third kappa shape index (κ3) is 2.03. The standard InChI is InChI=1S/C10H15N3O2S/c1-6-8(16-10(11)12-6)9(14)13(2)7-3-4-15-5-7/h7H,3-5H2,1-2H3,(H2,11,12). The average Bonchev–Trinajstić information content (AvgIpc) is 2.85. The minimum atomic E-state index is -0.0119. The third-order valence-electron chi connectivity index (χ3n) is 2.78. The Balaban J connectivity index is 2.14. The van der Waals surface area contributed by atoms with Gasteiger partial charge in [0, 0.05) is 13.7 Å². The maximum absolute atomic E-state index is 12.2. The molecular weight excluding hydrogens is 226 g/mol. The predicted molar refractivity (Wildman–Crippen MR) is 62.6 cm³/mol. The molecule has 0 spiro atoms. The van der Waals surface area contributed by atoms with Gasteiger partial charge in [-0.2, -0.15) is 0 Å². The molecule has 1 amide bonds. The molecule has 0 saturated carbocycles. The van der Waals surface area contributed by atoms with E-state index in [4.69, 9.17) is 10.5 Å². The fourth-order valence-electron chi connectivity index (χ4n) is 1.77. The Morgan fingerprint density at radius 2 is 2.44 bits per heavy atom.